The lowest BCUT2D eigenvalue weighted by Gasteiger charge is -2.12. The predicted molar refractivity (Wildman–Crippen MR) is 72.7 cm³/mol. The van der Waals surface area contributed by atoms with Crippen molar-refractivity contribution in [2.24, 2.45) is 5.73 Å². The first kappa shape index (κ1) is 12.6. The zero-order valence-electron chi connectivity index (χ0n) is 10.8. The molecule has 1 atom stereocenters. The molecule has 94 valence electrons. The summed E-state index contributed by atoms with van der Waals surface area (Å²) in [4.78, 5) is 4.34. The van der Waals surface area contributed by atoms with E-state index in [1.165, 1.54) is 0 Å². The Morgan fingerprint density at radius 3 is 2.61 bits per heavy atom. The Balaban J connectivity index is 2.20. The van der Waals surface area contributed by atoms with E-state index >= 15 is 0 Å². The highest BCUT2D eigenvalue weighted by Gasteiger charge is 2.08. The van der Waals surface area contributed by atoms with Gasteiger partial charge in [-0.2, -0.15) is 0 Å². The monoisotopic (exact) mass is 242 g/mol. The van der Waals surface area contributed by atoms with Gasteiger partial charge in [-0.15, -0.1) is 0 Å². The van der Waals surface area contributed by atoms with Gasteiger partial charge in [-0.3, -0.25) is 0 Å². The van der Waals surface area contributed by atoms with Crippen LogP contribution in [0.2, 0.25) is 0 Å². The van der Waals surface area contributed by atoms with Crippen molar-refractivity contribution in [2.75, 3.05) is 0 Å². The molecule has 2 aromatic rings. The van der Waals surface area contributed by atoms with Crippen LogP contribution in [0.25, 0.3) is 0 Å². The molecule has 0 saturated heterocycles. The van der Waals surface area contributed by atoms with E-state index in [2.05, 4.69) is 11.9 Å². The average Bonchev–Trinajstić information content (AvgIpc) is 2.41. The number of aromatic nitrogens is 1. The van der Waals surface area contributed by atoms with Crippen LogP contribution in [0.15, 0.2) is 42.6 Å². The van der Waals surface area contributed by atoms with Gasteiger partial charge in [0.2, 0.25) is 5.88 Å². The van der Waals surface area contributed by atoms with Gasteiger partial charge in [0.1, 0.15) is 5.75 Å². The zero-order valence-corrected chi connectivity index (χ0v) is 10.8. The van der Waals surface area contributed by atoms with E-state index in [1.54, 1.807) is 6.20 Å². The first-order valence-electron chi connectivity index (χ1n) is 6.15. The number of pyridine rings is 1. The minimum absolute atomic E-state index is 0.0435. The summed E-state index contributed by atoms with van der Waals surface area (Å²) in [7, 11) is 0. The van der Waals surface area contributed by atoms with Crippen molar-refractivity contribution in [2.45, 2.75) is 26.3 Å². The van der Waals surface area contributed by atoms with Gasteiger partial charge in [-0.25, -0.2) is 4.98 Å². The Morgan fingerprint density at radius 2 is 2.00 bits per heavy atom. The van der Waals surface area contributed by atoms with Crippen LogP contribution >= 0.6 is 0 Å². The van der Waals surface area contributed by atoms with Gasteiger partial charge in [-0.1, -0.05) is 25.1 Å². The van der Waals surface area contributed by atoms with Crippen LogP contribution in [0, 0.1) is 6.92 Å². The minimum atomic E-state index is 0.0435. The van der Waals surface area contributed by atoms with Crippen LogP contribution < -0.4 is 10.5 Å². The lowest BCUT2D eigenvalue weighted by Crippen LogP contribution is -2.09. The molecule has 0 radical (unpaired) electrons. The van der Waals surface area contributed by atoms with Crippen LogP contribution in [0.5, 0.6) is 11.6 Å². The number of rotatable bonds is 4. The van der Waals surface area contributed by atoms with Crippen molar-refractivity contribution in [1.82, 2.24) is 4.98 Å². The second kappa shape index (κ2) is 5.65. The number of hydrogen-bond acceptors (Lipinski definition) is 3. The Morgan fingerprint density at radius 1 is 1.28 bits per heavy atom. The molecule has 0 saturated carbocycles. The highest BCUT2D eigenvalue weighted by Crippen LogP contribution is 2.24. The number of nitrogens with two attached hydrogens (primary N) is 1. The fourth-order valence-corrected chi connectivity index (χ4v) is 1.73. The van der Waals surface area contributed by atoms with E-state index in [9.17, 15) is 0 Å². The topological polar surface area (TPSA) is 48.1 Å². The molecule has 1 aromatic carbocycles. The Kier molecular flexibility index (Phi) is 3.95. The maximum absolute atomic E-state index is 5.98. The molecular formula is C15H18N2O. The molecule has 0 amide bonds. The van der Waals surface area contributed by atoms with Crippen molar-refractivity contribution >= 4 is 0 Å². The fraction of sp³-hybridized carbons (Fsp3) is 0.267. The molecule has 18 heavy (non-hydrogen) atoms. The molecule has 0 aliphatic rings. The molecule has 1 aromatic heterocycles. The molecular weight excluding hydrogens is 224 g/mol. The van der Waals surface area contributed by atoms with Crippen LogP contribution in [0.1, 0.15) is 30.5 Å². The Bertz CT molecular complexity index is 511. The number of para-hydroxylation sites is 1. The van der Waals surface area contributed by atoms with Gasteiger partial charge in [0.25, 0.3) is 0 Å². The maximum Gasteiger partial charge on any atom is 0.222 e. The normalized spacial score (nSPS) is 12.2. The largest absolute Gasteiger partial charge is 0.439 e. The number of aryl methyl sites for hydroxylation is 1. The van der Waals surface area contributed by atoms with Crippen molar-refractivity contribution in [3.8, 4) is 11.6 Å². The van der Waals surface area contributed by atoms with Gasteiger partial charge in [0.15, 0.2) is 0 Å². The van der Waals surface area contributed by atoms with Gasteiger partial charge in [-0.05, 0) is 37.1 Å². The SMILES string of the molecule is CC[C@H](N)c1cnc(Oc2ccccc2)c(C)c1. The summed E-state index contributed by atoms with van der Waals surface area (Å²) in [5.74, 6) is 1.42. The summed E-state index contributed by atoms with van der Waals surface area (Å²) in [6.45, 7) is 4.05. The highest BCUT2D eigenvalue weighted by molar-refractivity contribution is 5.34. The molecule has 2 N–H and O–H groups in total. The zero-order chi connectivity index (χ0) is 13.0. The molecule has 3 heteroatoms. The molecule has 0 unspecified atom stereocenters. The van der Waals surface area contributed by atoms with Crippen LogP contribution in [0.3, 0.4) is 0 Å². The second-order valence-corrected chi connectivity index (χ2v) is 4.32. The van der Waals surface area contributed by atoms with Crippen molar-refractivity contribution in [1.29, 1.82) is 0 Å². The first-order chi connectivity index (χ1) is 8.70. The standard InChI is InChI=1S/C15H18N2O/c1-3-14(16)12-9-11(2)15(17-10-12)18-13-7-5-4-6-8-13/h4-10,14H,3,16H2,1-2H3/t14-/m0/s1. The van der Waals surface area contributed by atoms with Crippen LogP contribution in [-0.4, -0.2) is 4.98 Å². The van der Waals surface area contributed by atoms with Crippen molar-refractivity contribution in [3.05, 3.63) is 53.7 Å². The van der Waals surface area contributed by atoms with Gasteiger partial charge in [0, 0.05) is 17.8 Å². The Labute approximate surface area is 108 Å². The van der Waals surface area contributed by atoms with E-state index in [1.807, 2.05) is 43.3 Å². The third-order valence-electron chi connectivity index (χ3n) is 2.88. The van der Waals surface area contributed by atoms with Gasteiger partial charge < -0.3 is 10.5 Å². The van der Waals surface area contributed by atoms with Gasteiger partial charge >= 0.3 is 0 Å². The molecule has 1 heterocycles. The van der Waals surface area contributed by atoms with Crippen LogP contribution in [0.4, 0.5) is 0 Å². The molecule has 3 nitrogen and oxygen atoms in total. The molecule has 2 rings (SSSR count). The smallest absolute Gasteiger partial charge is 0.222 e. The summed E-state index contributed by atoms with van der Waals surface area (Å²) in [5, 5.41) is 0. The van der Waals surface area contributed by atoms with E-state index in [0.29, 0.717) is 5.88 Å². The number of hydrogen-bond donors (Lipinski definition) is 1. The summed E-state index contributed by atoms with van der Waals surface area (Å²) < 4.78 is 5.73. The molecule has 0 fully saturated rings. The van der Waals surface area contributed by atoms with Gasteiger partial charge in [0.05, 0.1) is 0 Å². The molecule has 0 aliphatic carbocycles. The van der Waals surface area contributed by atoms with Crippen molar-refractivity contribution < 1.29 is 4.74 Å². The number of benzene rings is 1. The summed E-state index contributed by atoms with van der Waals surface area (Å²) in [6.07, 6.45) is 2.69. The minimum Gasteiger partial charge on any atom is -0.439 e. The lowest BCUT2D eigenvalue weighted by atomic mass is 10.1. The molecule has 0 spiro atoms. The summed E-state index contributed by atoms with van der Waals surface area (Å²) >= 11 is 0. The summed E-state index contributed by atoms with van der Waals surface area (Å²) in [6, 6.07) is 11.7. The van der Waals surface area contributed by atoms with Crippen LogP contribution in [-0.2, 0) is 0 Å². The van der Waals surface area contributed by atoms with Crippen molar-refractivity contribution in [3.63, 3.8) is 0 Å². The first-order valence-corrected chi connectivity index (χ1v) is 6.15. The lowest BCUT2D eigenvalue weighted by molar-refractivity contribution is 0.458. The maximum atomic E-state index is 5.98. The molecule has 0 bridgehead atoms. The second-order valence-electron chi connectivity index (χ2n) is 4.32. The average molecular weight is 242 g/mol. The highest BCUT2D eigenvalue weighted by atomic mass is 16.5. The Hall–Kier alpha value is -1.87. The quantitative estimate of drug-likeness (QED) is 0.891. The number of nitrogens with zero attached hydrogens (tertiary/aromatic N) is 1. The number of ether oxygens (including phenoxy) is 1. The molecule has 0 aliphatic heterocycles. The van der Waals surface area contributed by atoms with E-state index in [-0.39, 0.29) is 6.04 Å². The van der Waals surface area contributed by atoms with E-state index in [0.717, 1.165) is 23.3 Å². The fourth-order valence-electron chi connectivity index (χ4n) is 1.73. The third-order valence-corrected chi connectivity index (χ3v) is 2.88. The summed E-state index contributed by atoms with van der Waals surface area (Å²) in [5.41, 5.74) is 8.04. The third kappa shape index (κ3) is 2.87. The van der Waals surface area contributed by atoms with E-state index in [4.69, 9.17) is 10.5 Å². The van der Waals surface area contributed by atoms with E-state index < -0.39 is 0 Å². The predicted octanol–water partition coefficient (Wildman–Crippen LogP) is 3.59.